The molecular formula is C14H15BrN2S. The zero-order chi connectivity index (χ0) is 12.8. The number of hydrogen-bond acceptors (Lipinski definition) is 3. The molecule has 1 heterocycles. The van der Waals surface area contributed by atoms with Crippen molar-refractivity contribution in [3.63, 3.8) is 0 Å². The fourth-order valence-corrected chi connectivity index (χ4v) is 2.96. The Morgan fingerprint density at radius 1 is 1.22 bits per heavy atom. The fraction of sp³-hybridized carbons (Fsp3) is 0.214. The average Bonchev–Trinajstić information content (AvgIpc) is 2.37. The van der Waals surface area contributed by atoms with Crippen LogP contribution in [0.4, 0.5) is 5.82 Å². The van der Waals surface area contributed by atoms with E-state index in [1.807, 2.05) is 18.2 Å². The number of halogens is 1. The van der Waals surface area contributed by atoms with Gasteiger partial charge < -0.3 is 5.32 Å². The number of hydrogen-bond donors (Lipinski definition) is 1. The van der Waals surface area contributed by atoms with Crippen LogP contribution < -0.4 is 5.32 Å². The van der Waals surface area contributed by atoms with Crippen LogP contribution in [-0.2, 0) is 5.75 Å². The minimum Gasteiger partial charge on any atom is -0.370 e. The number of benzene rings is 1. The fourth-order valence-electron chi connectivity index (χ4n) is 1.55. The van der Waals surface area contributed by atoms with Crippen molar-refractivity contribution in [3.8, 4) is 0 Å². The van der Waals surface area contributed by atoms with Crippen molar-refractivity contribution in [3.05, 3.63) is 52.6 Å². The Hall–Kier alpha value is -1.00. The number of thioether (sulfide) groups is 1. The van der Waals surface area contributed by atoms with E-state index in [9.17, 15) is 0 Å². The van der Waals surface area contributed by atoms with Crippen LogP contribution in [0.2, 0.25) is 0 Å². The zero-order valence-corrected chi connectivity index (χ0v) is 12.6. The molecule has 0 bridgehead atoms. The van der Waals surface area contributed by atoms with E-state index in [4.69, 9.17) is 0 Å². The lowest BCUT2D eigenvalue weighted by Gasteiger charge is -2.05. The molecule has 2 aromatic rings. The van der Waals surface area contributed by atoms with Crippen LogP contribution in [0.5, 0.6) is 0 Å². The van der Waals surface area contributed by atoms with E-state index in [1.165, 1.54) is 4.90 Å². The predicted molar refractivity (Wildman–Crippen MR) is 82.1 cm³/mol. The quantitative estimate of drug-likeness (QED) is 0.816. The van der Waals surface area contributed by atoms with Crippen LogP contribution in [0.15, 0.2) is 51.8 Å². The van der Waals surface area contributed by atoms with Gasteiger partial charge in [-0.1, -0.05) is 28.1 Å². The van der Waals surface area contributed by atoms with Gasteiger partial charge in [-0.15, -0.1) is 11.8 Å². The topological polar surface area (TPSA) is 24.9 Å². The van der Waals surface area contributed by atoms with E-state index in [1.54, 1.807) is 11.8 Å². The molecule has 1 aromatic heterocycles. The SMILES string of the molecule is CCNc1cccc(CSc2cccc(Br)c2)n1. The lowest BCUT2D eigenvalue weighted by Crippen LogP contribution is -2.00. The van der Waals surface area contributed by atoms with Gasteiger partial charge in [-0.25, -0.2) is 4.98 Å². The predicted octanol–water partition coefficient (Wildman–Crippen LogP) is 4.57. The molecule has 0 saturated heterocycles. The summed E-state index contributed by atoms with van der Waals surface area (Å²) < 4.78 is 1.11. The average molecular weight is 323 g/mol. The molecule has 0 fully saturated rings. The molecule has 94 valence electrons. The van der Waals surface area contributed by atoms with Crippen molar-refractivity contribution >= 4 is 33.5 Å². The Labute approximate surface area is 120 Å². The lowest BCUT2D eigenvalue weighted by atomic mass is 10.4. The highest BCUT2D eigenvalue weighted by atomic mass is 79.9. The van der Waals surface area contributed by atoms with Gasteiger partial charge in [0.15, 0.2) is 0 Å². The largest absolute Gasteiger partial charge is 0.370 e. The molecular weight excluding hydrogens is 308 g/mol. The maximum Gasteiger partial charge on any atom is 0.126 e. The van der Waals surface area contributed by atoms with Gasteiger partial charge in [-0.3, -0.25) is 0 Å². The second-order valence-electron chi connectivity index (χ2n) is 3.79. The summed E-state index contributed by atoms with van der Waals surface area (Å²) in [5, 5.41) is 3.23. The van der Waals surface area contributed by atoms with Crippen molar-refractivity contribution in [1.82, 2.24) is 4.98 Å². The van der Waals surface area contributed by atoms with Gasteiger partial charge in [0.25, 0.3) is 0 Å². The van der Waals surface area contributed by atoms with Gasteiger partial charge >= 0.3 is 0 Å². The van der Waals surface area contributed by atoms with Gasteiger partial charge in [0.1, 0.15) is 5.82 Å². The Balaban J connectivity index is 1.99. The van der Waals surface area contributed by atoms with Crippen LogP contribution in [0.3, 0.4) is 0 Å². The van der Waals surface area contributed by atoms with E-state index in [2.05, 4.69) is 57.4 Å². The third-order valence-corrected chi connectivity index (χ3v) is 3.87. The van der Waals surface area contributed by atoms with Gasteiger partial charge in [-0.05, 0) is 37.3 Å². The summed E-state index contributed by atoms with van der Waals surface area (Å²) in [4.78, 5) is 5.81. The molecule has 0 saturated carbocycles. The second kappa shape index (κ2) is 6.81. The molecule has 0 spiro atoms. The first-order valence-electron chi connectivity index (χ1n) is 5.86. The number of pyridine rings is 1. The Kier molecular flexibility index (Phi) is 5.08. The number of aromatic nitrogens is 1. The van der Waals surface area contributed by atoms with Crippen LogP contribution in [0.1, 0.15) is 12.6 Å². The normalized spacial score (nSPS) is 10.3. The summed E-state index contributed by atoms with van der Waals surface area (Å²) in [6.45, 7) is 2.97. The number of nitrogens with zero attached hydrogens (tertiary/aromatic N) is 1. The van der Waals surface area contributed by atoms with E-state index in [-0.39, 0.29) is 0 Å². The molecule has 18 heavy (non-hydrogen) atoms. The summed E-state index contributed by atoms with van der Waals surface area (Å²) in [6.07, 6.45) is 0. The molecule has 0 radical (unpaired) electrons. The summed E-state index contributed by atoms with van der Waals surface area (Å²) >= 11 is 5.28. The molecule has 0 atom stereocenters. The minimum absolute atomic E-state index is 0.885. The summed E-state index contributed by atoms with van der Waals surface area (Å²) in [6, 6.07) is 14.4. The Bertz CT molecular complexity index is 517. The van der Waals surface area contributed by atoms with Gasteiger partial charge in [-0.2, -0.15) is 0 Å². The van der Waals surface area contributed by atoms with Crippen molar-refractivity contribution in [2.24, 2.45) is 0 Å². The Morgan fingerprint density at radius 3 is 2.83 bits per heavy atom. The maximum absolute atomic E-state index is 4.56. The van der Waals surface area contributed by atoms with Crippen LogP contribution in [-0.4, -0.2) is 11.5 Å². The van der Waals surface area contributed by atoms with Crippen molar-refractivity contribution in [2.45, 2.75) is 17.6 Å². The molecule has 0 amide bonds. The molecule has 1 aromatic carbocycles. The van der Waals surface area contributed by atoms with Crippen LogP contribution >= 0.6 is 27.7 Å². The van der Waals surface area contributed by atoms with Gasteiger partial charge in [0.2, 0.25) is 0 Å². The first kappa shape index (κ1) is 13.4. The second-order valence-corrected chi connectivity index (χ2v) is 5.75. The molecule has 2 rings (SSSR count). The van der Waals surface area contributed by atoms with Crippen LogP contribution in [0.25, 0.3) is 0 Å². The van der Waals surface area contributed by atoms with Crippen molar-refractivity contribution in [2.75, 3.05) is 11.9 Å². The summed E-state index contributed by atoms with van der Waals surface area (Å²) in [5.74, 6) is 1.83. The number of rotatable bonds is 5. The Morgan fingerprint density at radius 2 is 2.06 bits per heavy atom. The van der Waals surface area contributed by atoms with Crippen molar-refractivity contribution < 1.29 is 0 Å². The van der Waals surface area contributed by atoms with E-state index >= 15 is 0 Å². The first-order chi connectivity index (χ1) is 8.78. The van der Waals surface area contributed by atoms with Gasteiger partial charge in [0.05, 0.1) is 5.69 Å². The molecule has 4 heteroatoms. The zero-order valence-electron chi connectivity index (χ0n) is 10.2. The molecule has 0 aliphatic carbocycles. The summed E-state index contributed by atoms with van der Waals surface area (Å²) in [7, 11) is 0. The molecule has 0 aliphatic heterocycles. The molecule has 0 aliphatic rings. The van der Waals surface area contributed by atoms with E-state index in [0.717, 1.165) is 28.3 Å². The maximum atomic E-state index is 4.56. The third-order valence-electron chi connectivity index (χ3n) is 2.35. The van der Waals surface area contributed by atoms with E-state index < -0.39 is 0 Å². The van der Waals surface area contributed by atoms with Gasteiger partial charge in [0, 0.05) is 21.7 Å². The van der Waals surface area contributed by atoms with Crippen LogP contribution in [0, 0.1) is 0 Å². The third kappa shape index (κ3) is 4.03. The highest BCUT2D eigenvalue weighted by Crippen LogP contribution is 2.25. The lowest BCUT2D eigenvalue weighted by molar-refractivity contribution is 1.11. The van der Waals surface area contributed by atoms with E-state index in [0.29, 0.717) is 0 Å². The molecule has 2 nitrogen and oxygen atoms in total. The minimum atomic E-state index is 0.885. The number of nitrogens with one attached hydrogen (secondary N) is 1. The standard InChI is InChI=1S/C14H15BrN2S/c1-2-16-14-8-4-6-12(17-14)10-18-13-7-3-5-11(15)9-13/h3-9H,2,10H2,1H3,(H,16,17). The van der Waals surface area contributed by atoms with Crippen molar-refractivity contribution in [1.29, 1.82) is 0 Å². The highest BCUT2D eigenvalue weighted by molar-refractivity contribution is 9.10. The monoisotopic (exact) mass is 322 g/mol. The molecule has 0 unspecified atom stereocenters. The summed E-state index contributed by atoms with van der Waals surface area (Å²) in [5.41, 5.74) is 1.10. The smallest absolute Gasteiger partial charge is 0.126 e. The highest BCUT2D eigenvalue weighted by Gasteiger charge is 1.99. The molecule has 1 N–H and O–H groups in total. The first-order valence-corrected chi connectivity index (χ1v) is 7.64. The number of anilines is 1.